The first-order valence-electron chi connectivity index (χ1n) is 11.9. The van der Waals surface area contributed by atoms with Crippen LogP contribution in [-0.2, 0) is 14.3 Å². The van der Waals surface area contributed by atoms with Gasteiger partial charge < -0.3 is 24.1 Å². The molecule has 39 heavy (non-hydrogen) atoms. The maximum absolute atomic E-state index is 13.5. The molecular weight excluding hydrogens is 524 g/mol. The van der Waals surface area contributed by atoms with E-state index < -0.39 is 23.7 Å². The van der Waals surface area contributed by atoms with E-state index in [1.54, 1.807) is 55.5 Å². The number of aliphatic hydroxyl groups excluding tert-OH is 1. The number of benzene rings is 2. The highest BCUT2D eigenvalue weighted by atomic mass is 32.1. The quantitative estimate of drug-likeness (QED) is 0.152. The molecule has 11 heteroatoms. The lowest BCUT2D eigenvalue weighted by Crippen LogP contribution is -2.29. The van der Waals surface area contributed by atoms with Gasteiger partial charge in [-0.05, 0) is 42.8 Å². The number of carbonyl (C=O) groups is 3. The Balaban J connectivity index is 1.65. The molecule has 0 spiro atoms. The molecule has 1 unspecified atom stereocenters. The van der Waals surface area contributed by atoms with Gasteiger partial charge in [0.2, 0.25) is 0 Å². The van der Waals surface area contributed by atoms with E-state index in [0.717, 1.165) is 11.3 Å². The second-order valence-electron chi connectivity index (χ2n) is 8.60. The van der Waals surface area contributed by atoms with Crippen molar-refractivity contribution in [1.29, 1.82) is 0 Å². The van der Waals surface area contributed by atoms with E-state index >= 15 is 0 Å². The Labute approximate surface area is 227 Å². The zero-order valence-electron chi connectivity index (χ0n) is 21.1. The minimum atomic E-state index is -1.04. The second-order valence-corrected chi connectivity index (χ2v) is 9.58. The van der Waals surface area contributed by atoms with E-state index in [1.165, 1.54) is 12.0 Å². The van der Waals surface area contributed by atoms with Gasteiger partial charge in [0.05, 0.1) is 24.4 Å². The zero-order valence-corrected chi connectivity index (χ0v) is 21.9. The Morgan fingerprint density at radius 3 is 2.59 bits per heavy atom. The number of aliphatic hydroxyl groups is 1. The minimum Gasteiger partial charge on any atom is -0.507 e. The van der Waals surface area contributed by atoms with E-state index in [-0.39, 0.29) is 26.9 Å². The molecule has 2 aliphatic rings. The van der Waals surface area contributed by atoms with Crippen molar-refractivity contribution >= 4 is 39.9 Å². The predicted octanol–water partition coefficient (Wildman–Crippen LogP) is 4.20. The molecule has 1 fully saturated rings. The maximum atomic E-state index is 13.5. The molecule has 3 aromatic rings. The number of fused-ring (bicyclic) bond motifs is 1. The summed E-state index contributed by atoms with van der Waals surface area (Å²) in [6.07, 6.45) is 1.61. The summed E-state index contributed by atoms with van der Waals surface area (Å²) in [5, 5.41) is 11.5. The van der Waals surface area contributed by atoms with Gasteiger partial charge >= 0.3 is 11.9 Å². The molecule has 0 radical (unpaired) electrons. The molecule has 1 aromatic heterocycles. The molecule has 5 rings (SSSR count). The molecule has 1 atom stereocenters. The number of amides is 1. The minimum absolute atomic E-state index is 0.119. The summed E-state index contributed by atoms with van der Waals surface area (Å²) in [7, 11) is 1.25. The lowest BCUT2D eigenvalue weighted by molar-refractivity contribution is -0.132. The molecule has 1 amide bonds. The van der Waals surface area contributed by atoms with Gasteiger partial charge in [-0.25, -0.2) is 9.78 Å². The van der Waals surface area contributed by atoms with Crippen molar-refractivity contribution in [1.82, 2.24) is 4.98 Å². The number of ketones is 1. The number of esters is 1. The van der Waals surface area contributed by atoms with Crippen molar-refractivity contribution < 1.29 is 38.4 Å². The Kier molecular flexibility index (Phi) is 7.07. The van der Waals surface area contributed by atoms with Crippen molar-refractivity contribution in [3.63, 3.8) is 0 Å². The summed E-state index contributed by atoms with van der Waals surface area (Å²) in [4.78, 5) is 44.9. The van der Waals surface area contributed by atoms with Crippen LogP contribution in [0.2, 0.25) is 0 Å². The van der Waals surface area contributed by atoms with Crippen LogP contribution in [0.15, 0.2) is 60.7 Å². The van der Waals surface area contributed by atoms with Crippen molar-refractivity contribution in [2.24, 2.45) is 0 Å². The number of carbonyl (C=O) groups excluding carboxylic acids is 3. The summed E-state index contributed by atoms with van der Waals surface area (Å²) in [6.45, 7) is 6.29. The van der Waals surface area contributed by atoms with Crippen LogP contribution in [0.5, 0.6) is 17.2 Å². The highest BCUT2D eigenvalue weighted by Gasteiger charge is 2.48. The molecule has 200 valence electrons. The molecular formula is C28H24N2O8S. The van der Waals surface area contributed by atoms with Gasteiger partial charge in [-0.15, -0.1) is 0 Å². The summed E-state index contributed by atoms with van der Waals surface area (Å²) in [6, 6.07) is 10.5. The van der Waals surface area contributed by atoms with Crippen LogP contribution in [0.4, 0.5) is 5.13 Å². The van der Waals surface area contributed by atoms with Crippen molar-refractivity contribution in [2.75, 3.05) is 31.8 Å². The molecule has 1 saturated heterocycles. The maximum Gasteiger partial charge on any atom is 0.350 e. The number of Topliss-reactive ketones (excluding diaryl/α,β-unsaturated/α-hetero) is 1. The highest BCUT2D eigenvalue weighted by molar-refractivity contribution is 7.17. The zero-order chi connectivity index (χ0) is 27.7. The van der Waals surface area contributed by atoms with Gasteiger partial charge in [-0.3, -0.25) is 14.5 Å². The Morgan fingerprint density at radius 1 is 1.18 bits per heavy atom. The lowest BCUT2D eigenvalue weighted by Gasteiger charge is -2.23. The largest absolute Gasteiger partial charge is 0.507 e. The van der Waals surface area contributed by atoms with Crippen molar-refractivity contribution in [2.45, 2.75) is 13.0 Å². The number of ether oxygens (including phenoxy) is 4. The van der Waals surface area contributed by atoms with Crippen LogP contribution in [-0.4, -0.2) is 54.7 Å². The van der Waals surface area contributed by atoms with Gasteiger partial charge in [-0.2, -0.15) is 0 Å². The average molecular weight is 549 g/mol. The third kappa shape index (κ3) is 4.72. The molecule has 2 aromatic carbocycles. The van der Waals surface area contributed by atoms with Crippen LogP contribution in [0, 0.1) is 6.92 Å². The Morgan fingerprint density at radius 2 is 1.90 bits per heavy atom. The highest BCUT2D eigenvalue weighted by Crippen LogP contribution is 2.45. The van der Waals surface area contributed by atoms with Gasteiger partial charge in [0.1, 0.15) is 36.2 Å². The first-order chi connectivity index (χ1) is 18.8. The number of anilines is 1. The smallest absolute Gasteiger partial charge is 0.350 e. The van der Waals surface area contributed by atoms with E-state index in [4.69, 9.17) is 18.9 Å². The van der Waals surface area contributed by atoms with Crippen molar-refractivity contribution in [3.05, 3.63) is 82.4 Å². The third-order valence-corrected chi connectivity index (χ3v) is 7.32. The first-order valence-corrected chi connectivity index (χ1v) is 12.8. The van der Waals surface area contributed by atoms with Crippen molar-refractivity contribution in [3.8, 4) is 17.2 Å². The van der Waals surface area contributed by atoms with E-state index in [9.17, 15) is 19.5 Å². The fourth-order valence-corrected chi connectivity index (χ4v) is 5.37. The van der Waals surface area contributed by atoms with Gasteiger partial charge in [-0.1, -0.05) is 36.1 Å². The Bertz CT molecular complexity index is 1510. The lowest BCUT2D eigenvalue weighted by atomic mass is 9.95. The third-order valence-electron chi connectivity index (χ3n) is 6.19. The first kappa shape index (κ1) is 26.0. The number of aryl methyl sites for hydroxylation is 1. The van der Waals surface area contributed by atoms with Gasteiger partial charge in [0, 0.05) is 5.56 Å². The SMILES string of the molecule is C=CCOc1ccc(C2/C(=C(\O)c3ccc4c(c3)OCCO4)C(=O)C(=O)N2c2nc(C)c(C(=O)OC)s2)cc1. The van der Waals surface area contributed by atoms with Crippen LogP contribution >= 0.6 is 11.3 Å². The molecule has 2 aliphatic heterocycles. The van der Waals surface area contributed by atoms with Crippen LogP contribution in [0.25, 0.3) is 5.76 Å². The summed E-state index contributed by atoms with van der Waals surface area (Å²) < 4.78 is 21.6. The number of hydrogen-bond donors (Lipinski definition) is 1. The molecule has 10 nitrogen and oxygen atoms in total. The number of methoxy groups -OCH3 is 1. The standard InChI is InChI=1S/C28H24N2O8S/c1-4-11-36-18-8-5-16(6-9-18)22-21(23(31)17-7-10-19-20(14-17)38-13-12-37-19)24(32)26(33)30(22)28-29-15(2)25(39-28)27(34)35-3/h4-10,14,22,31H,1,11-13H2,2-3H3/b23-21+. The molecule has 1 N–H and O–H groups in total. The van der Waals surface area contributed by atoms with E-state index in [0.29, 0.717) is 48.3 Å². The number of thiazole rings is 1. The predicted molar refractivity (Wildman–Crippen MR) is 143 cm³/mol. The average Bonchev–Trinajstić information content (AvgIpc) is 3.47. The number of rotatable bonds is 7. The topological polar surface area (TPSA) is 124 Å². The Hall–Kier alpha value is -4.64. The molecule has 0 saturated carbocycles. The summed E-state index contributed by atoms with van der Waals surface area (Å²) >= 11 is 0.927. The normalized spacial score (nSPS) is 17.7. The number of aromatic nitrogens is 1. The van der Waals surface area contributed by atoms with E-state index in [1.807, 2.05) is 0 Å². The van der Waals surface area contributed by atoms with E-state index in [2.05, 4.69) is 11.6 Å². The number of hydrogen-bond acceptors (Lipinski definition) is 10. The van der Waals surface area contributed by atoms with Crippen LogP contribution in [0.3, 0.4) is 0 Å². The monoisotopic (exact) mass is 548 g/mol. The fourth-order valence-electron chi connectivity index (χ4n) is 4.36. The fraction of sp³-hybridized carbons (Fsp3) is 0.214. The van der Waals surface area contributed by atoms with Crippen LogP contribution in [0.1, 0.15) is 32.5 Å². The molecule has 0 bridgehead atoms. The molecule has 0 aliphatic carbocycles. The summed E-state index contributed by atoms with van der Waals surface area (Å²) in [5.41, 5.74) is 1.01. The van der Waals surface area contributed by atoms with Gasteiger partial charge in [0.25, 0.3) is 5.78 Å². The van der Waals surface area contributed by atoms with Crippen LogP contribution < -0.4 is 19.1 Å². The second kappa shape index (κ2) is 10.6. The van der Waals surface area contributed by atoms with Gasteiger partial charge in [0.15, 0.2) is 16.6 Å². The molecule has 3 heterocycles. The number of nitrogens with zero attached hydrogens (tertiary/aromatic N) is 2. The summed E-state index contributed by atoms with van der Waals surface area (Å²) in [5.74, 6) is -1.30.